The first-order chi connectivity index (χ1) is 14.6. The minimum absolute atomic E-state index is 0.0889. The van der Waals surface area contributed by atoms with Gasteiger partial charge in [-0.1, -0.05) is 6.07 Å². The second-order valence-electron chi connectivity index (χ2n) is 6.94. The Balaban J connectivity index is 1.33. The van der Waals surface area contributed by atoms with E-state index in [-0.39, 0.29) is 18.6 Å². The van der Waals surface area contributed by atoms with Crippen LogP contribution >= 0.6 is 11.3 Å². The number of thiazole rings is 1. The van der Waals surface area contributed by atoms with E-state index >= 15 is 0 Å². The molecule has 1 aliphatic heterocycles. The third-order valence-corrected chi connectivity index (χ3v) is 5.63. The van der Waals surface area contributed by atoms with E-state index in [0.717, 1.165) is 42.2 Å². The number of carbonyl (C=O) groups excluding carboxylic acids is 1. The summed E-state index contributed by atoms with van der Waals surface area (Å²) in [5, 5.41) is 5.32. The Labute approximate surface area is 176 Å². The predicted molar refractivity (Wildman–Crippen MR) is 110 cm³/mol. The molecule has 0 saturated carbocycles. The Kier molecular flexibility index (Phi) is 6.35. The van der Waals surface area contributed by atoms with Crippen LogP contribution in [-0.2, 0) is 11.3 Å². The number of ether oxygens (including phenoxy) is 2. The largest absolute Gasteiger partial charge is 0.489 e. The highest BCUT2D eigenvalue weighted by atomic mass is 32.1. The number of amides is 1. The number of rotatable bonds is 7. The van der Waals surface area contributed by atoms with Crippen molar-refractivity contribution in [3.63, 3.8) is 0 Å². The summed E-state index contributed by atoms with van der Waals surface area (Å²) in [6.07, 6.45) is 2.08. The molecule has 4 rings (SSSR count). The van der Waals surface area contributed by atoms with Crippen LogP contribution in [0.4, 0.5) is 8.78 Å². The van der Waals surface area contributed by atoms with Gasteiger partial charge in [0.15, 0.2) is 11.6 Å². The number of aromatic nitrogens is 1. The van der Waals surface area contributed by atoms with E-state index in [1.165, 1.54) is 17.4 Å². The molecule has 2 aromatic carbocycles. The minimum Gasteiger partial charge on any atom is -0.489 e. The fraction of sp³-hybridized carbons (Fsp3) is 0.273. The van der Waals surface area contributed by atoms with Crippen LogP contribution in [0.3, 0.4) is 0 Å². The van der Waals surface area contributed by atoms with Crippen LogP contribution in [0.15, 0.2) is 47.8 Å². The van der Waals surface area contributed by atoms with E-state index < -0.39 is 11.6 Å². The van der Waals surface area contributed by atoms with Gasteiger partial charge in [0.2, 0.25) is 0 Å². The van der Waals surface area contributed by atoms with Gasteiger partial charge >= 0.3 is 0 Å². The molecule has 0 bridgehead atoms. The summed E-state index contributed by atoms with van der Waals surface area (Å²) in [5.41, 5.74) is 1.78. The van der Waals surface area contributed by atoms with Crippen LogP contribution < -0.4 is 10.1 Å². The van der Waals surface area contributed by atoms with Crippen molar-refractivity contribution in [2.45, 2.75) is 25.6 Å². The molecule has 3 aromatic rings. The monoisotopic (exact) mass is 430 g/mol. The number of halogens is 2. The van der Waals surface area contributed by atoms with E-state index in [9.17, 15) is 13.6 Å². The van der Waals surface area contributed by atoms with Crippen molar-refractivity contribution < 1.29 is 23.0 Å². The lowest BCUT2D eigenvalue weighted by Gasteiger charge is -2.09. The quantitative estimate of drug-likeness (QED) is 0.596. The Bertz CT molecular complexity index is 1020. The molecule has 1 N–H and O–H groups in total. The first-order valence-electron chi connectivity index (χ1n) is 9.61. The van der Waals surface area contributed by atoms with E-state index in [2.05, 4.69) is 10.3 Å². The van der Waals surface area contributed by atoms with Crippen LogP contribution in [0.25, 0.3) is 10.6 Å². The maximum atomic E-state index is 13.3. The SMILES string of the molecule is O=C(NC[C@H]1CCCO1)c1csc(-c2ccc(OCc3ccc(F)c(F)c3)cc2)n1. The highest BCUT2D eigenvalue weighted by Gasteiger charge is 2.18. The van der Waals surface area contributed by atoms with E-state index in [4.69, 9.17) is 9.47 Å². The number of carbonyl (C=O) groups is 1. The van der Waals surface area contributed by atoms with Gasteiger partial charge < -0.3 is 14.8 Å². The minimum atomic E-state index is -0.897. The van der Waals surface area contributed by atoms with Crippen molar-refractivity contribution >= 4 is 17.2 Å². The van der Waals surface area contributed by atoms with Gasteiger partial charge in [0.1, 0.15) is 23.1 Å². The molecule has 156 valence electrons. The van der Waals surface area contributed by atoms with Crippen molar-refractivity contribution in [1.29, 1.82) is 0 Å². The fourth-order valence-corrected chi connectivity index (χ4v) is 3.91. The standard InChI is InChI=1S/C22H20F2N2O3S/c23-18-8-3-14(10-19(18)24)12-29-16-6-4-15(5-7-16)22-26-20(13-30-22)21(27)25-11-17-2-1-9-28-17/h3-8,10,13,17H,1-2,9,11-12H2,(H,25,27)/t17-/m1/s1. The maximum Gasteiger partial charge on any atom is 0.270 e. The summed E-state index contributed by atoms with van der Waals surface area (Å²) < 4.78 is 37.4. The molecule has 1 fully saturated rings. The van der Waals surface area contributed by atoms with Gasteiger partial charge in [-0.15, -0.1) is 11.3 Å². The van der Waals surface area contributed by atoms with E-state index in [1.807, 2.05) is 12.1 Å². The van der Waals surface area contributed by atoms with Crippen molar-refractivity contribution in [3.05, 3.63) is 70.7 Å². The molecule has 0 aliphatic carbocycles. The molecular weight excluding hydrogens is 410 g/mol. The maximum absolute atomic E-state index is 13.3. The van der Waals surface area contributed by atoms with Gasteiger partial charge in [0, 0.05) is 24.1 Å². The van der Waals surface area contributed by atoms with E-state index in [0.29, 0.717) is 23.6 Å². The third-order valence-electron chi connectivity index (χ3n) is 4.74. The van der Waals surface area contributed by atoms with Gasteiger partial charge in [0.25, 0.3) is 5.91 Å². The van der Waals surface area contributed by atoms with Crippen LogP contribution in [-0.4, -0.2) is 30.1 Å². The molecule has 8 heteroatoms. The normalized spacial score (nSPS) is 15.9. The Morgan fingerprint density at radius 1 is 1.20 bits per heavy atom. The molecule has 1 atom stereocenters. The summed E-state index contributed by atoms with van der Waals surface area (Å²) in [6, 6.07) is 10.9. The van der Waals surface area contributed by atoms with Crippen molar-refractivity contribution in [2.75, 3.05) is 13.2 Å². The third kappa shape index (κ3) is 5.01. The molecule has 1 aliphatic rings. The first-order valence-corrected chi connectivity index (χ1v) is 10.5. The van der Waals surface area contributed by atoms with Gasteiger partial charge in [0.05, 0.1) is 6.10 Å². The van der Waals surface area contributed by atoms with Gasteiger partial charge in [-0.3, -0.25) is 4.79 Å². The highest BCUT2D eigenvalue weighted by Crippen LogP contribution is 2.26. The number of benzene rings is 2. The number of nitrogens with one attached hydrogen (secondary N) is 1. The lowest BCUT2D eigenvalue weighted by Crippen LogP contribution is -2.31. The topological polar surface area (TPSA) is 60.5 Å². The number of nitrogens with zero attached hydrogens (tertiary/aromatic N) is 1. The van der Waals surface area contributed by atoms with Crippen LogP contribution in [0.5, 0.6) is 5.75 Å². The van der Waals surface area contributed by atoms with Crippen molar-refractivity contribution in [1.82, 2.24) is 10.3 Å². The molecular formula is C22H20F2N2O3S. The second kappa shape index (κ2) is 9.32. The van der Waals surface area contributed by atoms with Crippen molar-refractivity contribution in [2.24, 2.45) is 0 Å². The molecule has 30 heavy (non-hydrogen) atoms. The molecule has 1 aromatic heterocycles. The Morgan fingerprint density at radius 3 is 2.77 bits per heavy atom. The summed E-state index contributed by atoms with van der Waals surface area (Å²) in [6.45, 7) is 1.38. The Morgan fingerprint density at radius 2 is 2.03 bits per heavy atom. The number of hydrogen-bond acceptors (Lipinski definition) is 5. The molecule has 1 saturated heterocycles. The van der Waals surface area contributed by atoms with Crippen LogP contribution in [0.1, 0.15) is 28.9 Å². The molecule has 0 spiro atoms. The van der Waals surface area contributed by atoms with E-state index in [1.54, 1.807) is 17.5 Å². The second-order valence-corrected chi connectivity index (χ2v) is 7.80. The summed E-state index contributed by atoms with van der Waals surface area (Å²) in [7, 11) is 0. The zero-order valence-electron chi connectivity index (χ0n) is 16.1. The van der Waals surface area contributed by atoms with Gasteiger partial charge in [-0.25, -0.2) is 13.8 Å². The lowest BCUT2D eigenvalue weighted by atomic mass is 10.2. The Hall–Kier alpha value is -2.84. The fourth-order valence-electron chi connectivity index (χ4n) is 3.10. The smallest absolute Gasteiger partial charge is 0.270 e. The number of hydrogen-bond donors (Lipinski definition) is 1. The van der Waals surface area contributed by atoms with Crippen LogP contribution in [0, 0.1) is 11.6 Å². The first kappa shape index (κ1) is 20.4. The molecule has 0 radical (unpaired) electrons. The summed E-state index contributed by atoms with van der Waals surface area (Å²) >= 11 is 1.39. The zero-order chi connectivity index (χ0) is 20.9. The van der Waals surface area contributed by atoms with Crippen LogP contribution in [0.2, 0.25) is 0 Å². The summed E-state index contributed by atoms with van der Waals surface area (Å²) in [4.78, 5) is 16.7. The average Bonchev–Trinajstić information content (AvgIpc) is 3.46. The molecule has 2 heterocycles. The molecule has 0 unspecified atom stereocenters. The predicted octanol–water partition coefficient (Wildman–Crippen LogP) is 4.58. The lowest BCUT2D eigenvalue weighted by molar-refractivity contribution is 0.0854. The van der Waals surface area contributed by atoms with Gasteiger partial charge in [-0.05, 0) is 54.8 Å². The zero-order valence-corrected chi connectivity index (χ0v) is 16.9. The molecule has 1 amide bonds. The average molecular weight is 430 g/mol. The molecule has 5 nitrogen and oxygen atoms in total. The highest BCUT2D eigenvalue weighted by molar-refractivity contribution is 7.13. The summed E-state index contributed by atoms with van der Waals surface area (Å²) in [5.74, 6) is -1.40. The van der Waals surface area contributed by atoms with Crippen molar-refractivity contribution in [3.8, 4) is 16.3 Å². The van der Waals surface area contributed by atoms with Gasteiger partial charge in [-0.2, -0.15) is 0 Å².